The summed E-state index contributed by atoms with van der Waals surface area (Å²) in [4.78, 5) is 32.0. The molecule has 0 fully saturated rings. The van der Waals surface area contributed by atoms with Crippen molar-refractivity contribution in [2.75, 3.05) is 23.4 Å². The lowest BCUT2D eigenvalue weighted by Crippen LogP contribution is -2.37. The molecule has 1 amide bonds. The van der Waals surface area contributed by atoms with E-state index < -0.39 is 46.5 Å². The maximum atomic E-state index is 13.5. The molecule has 2 N–H and O–H groups in total. The Balaban J connectivity index is 2.11. The number of hydrogen-bond acceptors (Lipinski definition) is 5. The van der Waals surface area contributed by atoms with Gasteiger partial charge in [-0.25, -0.2) is 4.98 Å². The number of pyridine rings is 2. The summed E-state index contributed by atoms with van der Waals surface area (Å²) in [6.45, 7) is 2.85. The topological polar surface area (TPSA) is 81.2 Å². The van der Waals surface area contributed by atoms with E-state index in [0.717, 1.165) is 17.0 Å². The molecule has 1 aromatic carbocycles. The monoisotopic (exact) mass is 544 g/mol. The molecule has 2 aromatic heterocycles. The molecule has 0 aliphatic rings. The van der Waals surface area contributed by atoms with Gasteiger partial charge in [0.2, 0.25) is 0 Å². The molecule has 0 saturated carbocycles. The van der Waals surface area contributed by atoms with E-state index in [4.69, 9.17) is 5.73 Å². The number of nitrogen functional groups attached to an aromatic ring is 1. The quantitative estimate of drug-likeness (QED) is 0.307. The van der Waals surface area contributed by atoms with Crippen LogP contribution < -0.4 is 16.2 Å². The number of amides is 1. The van der Waals surface area contributed by atoms with Crippen LogP contribution in [0.15, 0.2) is 52.2 Å². The molecule has 0 unspecified atom stereocenters. The van der Waals surface area contributed by atoms with Gasteiger partial charge in [-0.3, -0.25) is 9.59 Å². The van der Waals surface area contributed by atoms with Gasteiger partial charge in [0.1, 0.15) is 17.1 Å². The lowest BCUT2D eigenvalue weighted by molar-refractivity contribution is -0.144. The minimum Gasteiger partial charge on any atom is -0.397 e. The number of anilines is 2. The highest BCUT2D eigenvalue weighted by atomic mass is 32.2. The third kappa shape index (κ3) is 5.76. The molecule has 0 atom stereocenters. The van der Waals surface area contributed by atoms with E-state index in [1.807, 2.05) is 6.92 Å². The first-order valence-electron chi connectivity index (χ1n) is 10.9. The van der Waals surface area contributed by atoms with Gasteiger partial charge >= 0.3 is 12.4 Å². The van der Waals surface area contributed by atoms with Crippen LogP contribution in [0.3, 0.4) is 0 Å². The molecule has 0 radical (unpaired) electrons. The van der Waals surface area contributed by atoms with Crippen LogP contribution in [0.5, 0.6) is 0 Å². The Morgan fingerprint density at radius 2 is 1.65 bits per heavy atom. The number of alkyl halides is 6. The molecule has 2 heterocycles. The van der Waals surface area contributed by atoms with E-state index in [1.165, 1.54) is 43.9 Å². The largest absolute Gasteiger partial charge is 0.431 e. The van der Waals surface area contributed by atoms with Crippen LogP contribution in [0.25, 0.3) is 11.3 Å². The fraction of sp³-hybridized carbons (Fsp3) is 0.292. The predicted octanol–water partition coefficient (Wildman–Crippen LogP) is 5.94. The number of rotatable bonds is 6. The van der Waals surface area contributed by atoms with Crippen molar-refractivity contribution in [3.63, 3.8) is 0 Å². The summed E-state index contributed by atoms with van der Waals surface area (Å²) in [5.41, 5.74) is 1.98. The molecule has 0 spiro atoms. The molecule has 3 rings (SSSR count). The fourth-order valence-electron chi connectivity index (χ4n) is 3.66. The lowest BCUT2D eigenvalue weighted by Gasteiger charge is -2.23. The molecule has 198 valence electrons. The minimum absolute atomic E-state index is 0.131. The molecule has 0 saturated heterocycles. The molecule has 6 nitrogen and oxygen atoms in total. The summed E-state index contributed by atoms with van der Waals surface area (Å²) in [5, 5.41) is 0. The zero-order chi connectivity index (χ0) is 27.7. The van der Waals surface area contributed by atoms with Crippen molar-refractivity contribution < 1.29 is 31.1 Å². The van der Waals surface area contributed by atoms with Crippen LogP contribution in [0.1, 0.15) is 35.6 Å². The maximum Gasteiger partial charge on any atom is 0.431 e. The second-order valence-electron chi connectivity index (χ2n) is 7.80. The zero-order valence-electron chi connectivity index (χ0n) is 19.9. The van der Waals surface area contributed by atoms with Crippen LogP contribution in [0.4, 0.5) is 37.7 Å². The SMILES string of the molecule is CCSc1ccc(-c2ccc(C(F)(F)F)cc2)nc1C(=O)N(C)c1c(N)cc(C(F)(F)F)n(CC)c1=O. The Morgan fingerprint density at radius 1 is 1.03 bits per heavy atom. The fourth-order valence-corrected chi connectivity index (χ4v) is 4.41. The van der Waals surface area contributed by atoms with Crippen molar-refractivity contribution in [2.45, 2.75) is 37.6 Å². The predicted molar refractivity (Wildman–Crippen MR) is 130 cm³/mol. The van der Waals surface area contributed by atoms with Gasteiger partial charge < -0.3 is 15.2 Å². The van der Waals surface area contributed by atoms with Crippen LogP contribution in [-0.2, 0) is 18.9 Å². The molecule has 13 heteroatoms. The number of halogens is 6. The number of carbonyl (C=O) groups excluding carboxylic acids is 1. The summed E-state index contributed by atoms with van der Waals surface area (Å²) in [6.07, 6.45) is -9.36. The minimum atomic E-state index is -4.84. The number of hydrogen-bond donors (Lipinski definition) is 1. The molecule has 37 heavy (non-hydrogen) atoms. The average Bonchev–Trinajstić information content (AvgIpc) is 2.82. The van der Waals surface area contributed by atoms with E-state index in [-0.39, 0.29) is 17.9 Å². The second kappa shape index (κ2) is 10.5. The lowest BCUT2D eigenvalue weighted by atomic mass is 10.1. The summed E-state index contributed by atoms with van der Waals surface area (Å²) < 4.78 is 79.5. The summed E-state index contributed by atoms with van der Waals surface area (Å²) >= 11 is 1.25. The van der Waals surface area contributed by atoms with Crippen LogP contribution >= 0.6 is 11.8 Å². The van der Waals surface area contributed by atoms with Crippen LogP contribution in [0, 0.1) is 0 Å². The van der Waals surface area contributed by atoms with Crippen molar-refractivity contribution in [1.29, 1.82) is 0 Å². The molecule has 3 aromatic rings. The Labute approximate surface area is 212 Å². The number of nitrogens with two attached hydrogens (primary N) is 1. The standard InChI is InChI=1S/C24H22F6N4O2S/c1-4-34-18(24(28,29)30)12-15(31)20(22(34)36)33(3)21(35)19-17(37-5-2)11-10-16(32-19)13-6-8-14(9-7-13)23(25,26)27/h6-12H,4-5,31H2,1-3H3. The van der Waals surface area contributed by atoms with Gasteiger partial charge in [-0.15, -0.1) is 11.8 Å². The normalized spacial score (nSPS) is 12.0. The van der Waals surface area contributed by atoms with Gasteiger partial charge in [0.15, 0.2) is 0 Å². The molecule has 0 aliphatic heterocycles. The van der Waals surface area contributed by atoms with Crippen molar-refractivity contribution in [1.82, 2.24) is 9.55 Å². The Hall–Kier alpha value is -3.48. The first-order valence-corrected chi connectivity index (χ1v) is 11.9. The van der Waals surface area contributed by atoms with E-state index >= 15 is 0 Å². The van der Waals surface area contributed by atoms with E-state index in [9.17, 15) is 35.9 Å². The van der Waals surface area contributed by atoms with Crippen molar-refractivity contribution in [3.8, 4) is 11.3 Å². The maximum absolute atomic E-state index is 13.5. The number of thioether (sulfide) groups is 1. The zero-order valence-corrected chi connectivity index (χ0v) is 20.7. The van der Waals surface area contributed by atoms with Crippen molar-refractivity contribution >= 4 is 29.0 Å². The Morgan fingerprint density at radius 3 is 2.16 bits per heavy atom. The van der Waals surface area contributed by atoms with Gasteiger partial charge in [-0.2, -0.15) is 26.3 Å². The van der Waals surface area contributed by atoms with Gasteiger partial charge in [0.05, 0.1) is 16.9 Å². The average molecular weight is 545 g/mol. The molecule has 0 bridgehead atoms. The highest BCUT2D eigenvalue weighted by molar-refractivity contribution is 7.99. The number of nitrogens with zero attached hydrogens (tertiary/aromatic N) is 3. The van der Waals surface area contributed by atoms with Crippen LogP contribution in [-0.4, -0.2) is 28.3 Å². The first-order chi connectivity index (χ1) is 17.2. The number of aromatic nitrogens is 2. The van der Waals surface area contributed by atoms with Gasteiger partial charge in [0.25, 0.3) is 11.5 Å². The van der Waals surface area contributed by atoms with E-state index in [0.29, 0.717) is 26.8 Å². The molecular formula is C24H22F6N4O2S. The van der Waals surface area contributed by atoms with Gasteiger partial charge in [0, 0.05) is 24.1 Å². The summed E-state index contributed by atoms with van der Waals surface area (Å²) in [7, 11) is 1.19. The van der Waals surface area contributed by atoms with E-state index in [1.54, 1.807) is 6.07 Å². The Kier molecular flexibility index (Phi) is 7.96. The van der Waals surface area contributed by atoms with Crippen LogP contribution in [0.2, 0.25) is 0 Å². The van der Waals surface area contributed by atoms with Crippen molar-refractivity contribution in [3.05, 3.63) is 69.8 Å². The summed E-state index contributed by atoms with van der Waals surface area (Å²) in [5.74, 6) is -0.285. The first kappa shape index (κ1) is 28.1. The van der Waals surface area contributed by atoms with Gasteiger partial charge in [-0.1, -0.05) is 19.1 Å². The third-order valence-electron chi connectivity index (χ3n) is 5.42. The second-order valence-corrected chi connectivity index (χ2v) is 9.10. The summed E-state index contributed by atoms with van der Waals surface area (Å²) in [6, 6.07) is 7.89. The number of carbonyl (C=O) groups is 1. The molecular weight excluding hydrogens is 522 g/mol. The highest BCUT2D eigenvalue weighted by Crippen LogP contribution is 2.34. The highest BCUT2D eigenvalue weighted by Gasteiger charge is 2.36. The van der Waals surface area contributed by atoms with Crippen molar-refractivity contribution in [2.24, 2.45) is 0 Å². The smallest absolute Gasteiger partial charge is 0.397 e. The third-order valence-corrected chi connectivity index (χ3v) is 6.35. The van der Waals surface area contributed by atoms with Gasteiger partial charge in [-0.05, 0) is 43.0 Å². The molecule has 0 aliphatic carbocycles. The Bertz CT molecular complexity index is 1370. The number of benzene rings is 1. The van der Waals surface area contributed by atoms with E-state index in [2.05, 4.69) is 4.98 Å².